The van der Waals surface area contributed by atoms with Crippen LogP contribution >= 0.6 is 11.3 Å². The standard InChI is InChI=1S/C19H19N3O2S/c1-21-7-9-22(10-8-21)19(24)14-4-2-3-13(11-14)18-20-16-6-5-15(23)12-17(16)25-18/h2-6,11-12,23H,7-10H2,1H3. The van der Waals surface area contributed by atoms with Crippen molar-refractivity contribution in [2.24, 2.45) is 0 Å². The molecular weight excluding hydrogens is 334 g/mol. The zero-order valence-electron chi connectivity index (χ0n) is 14.0. The Kier molecular flexibility index (Phi) is 4.15. The van der Waals surface area contributed by atoms with E-state index in [2.05, 4.69) is 16.9 Å². The number of rotatable bonds is 2. The molecule has 0 bridgehead atoms. The van der Waals surface area contributed by atoms with E-state index < -0.39 is 0 Å². The number of aromatic nitrogens is 1. The minimum atomic E-state index is 0.0775. The van der Waals surface area contributed by atoms with Crippen molar-refractivity contribution >= 4 is 27.5 Å². The van der Waals surface area contributed by atoms with Crippen molar-refractivity contribution in [3.63, 3.8) is 0 Å². The SMILES string of the molecule is CN1CCN(C(=O)c2cccc(-c3nc4ccc(O)cc4s3)c2)CC1. The molecule has 1 saturated heterocycles. The fourth-order valence-corrected chi connectivity index (χ4v) is 4.01. The number of piperazine rings is 1. The zero-order valence-corrected chi connectivity index (χ0v) is 14.8. The number of nitrogens with zero attached hydrogens (tertiary/aromatic N) is 3. The van der Waals surface area contributed by atoms with Gasteiger partial charge in [-0.15, -0.1) is 11.3 Å². The molecule has 3 aromatic rings. The third-order valence-electron chi connectivity index (χ3n) is 4.52. The van der Waals surface area contributed by atoms with E-state index in [4.69, 9.17) is 0 Å². The highest BCUT2D eigenvalue weighted by molar-refractivity contribution is 7.21. The quantitative estimate of drug-likeness (QED) is 0.769. The number of likely N-dealkylation sites (N-methyl/N-ethyl adjacent to an activating group) is 1. The summed E-state index contributed by atoms with van der Waals surface area (Å²) in [5.41, 5.74) is 2.48. The highest BCUT2D eigenvalue weighted by atomic mass is 32.1. The summed E-state index contributed by atoms with van der Waals surface area (Å²) in [7, 11) is 2.08. The first-order chi connectivity index (χ1) is 12.1. The minimum Gasteiger partial charge on any atom is -0.508 e. The Hall–Kier alpha value is -2.44. The summed E-state index contributed by atoms with van der Waals surface area (Å²) in [6.07, 6.45) is 0. The molecule has 0 unspecified atom stereocenters. The zero-order chi connectivity index (χ0) is 17.4. The highest BCUT2D eigenvalue weighted by Gasteiger charge is 2.20. The minimum absolute atomic E-state index is 0.0775. The van der Waals surface area contributed by atoms with Gasteiger partial charge in [-0.3, -0.25) is 4.79 Å². The fraction of sp³-hybridized carbons (Fsp3) is 0.263. The van der Waals surface area contributed by atoms with E-state index in [1.165, 1.54) is 11.3 Å². The third kappa shape index (κ3) is 3.23. The molecule has 1 aliphatic rings. The van der Waals surface area contributed by atoms with Crippen molar-refractivity contribution in [1.82, 2.24) is 14.8 Å². The molecule has 0 radical (unpaired) electrons. The molecular formula is C19H19N3O2S. The number of carbonyl (C=O) groups excluding carboxylic acids is 1. The Morgan fingerprint density at radius 2 is 1.92 bits per heavy atom. The number of thiazole rings is 1. The van der Waals surface area contributed by atoms with Crippen molar-refractivity contribution in [2.75, 3.05) is 33.2 Å². The maximum atomic E-state index is 12.8. The molecule has 128 valence electrons. The molecule has 2 aromatic carbocycles. The summed E-state index contributed by atoms with van der Waals surface area (Å²) >= 11 is 1.52. The maximum absolute atomic E-state index is 12.8. The van der Waals surface area contributed by atoms with E-state index in [1.807, 2.05) is 35.2 Å². The molecule has 25 heavy (non-hydrogen) atoms. The van der Waals surface area contributed by atoms with Gasteiger partial charge in [-0.05, 0) is 37.4 Å². The lowest BCUT2D eigenvalue weighted by atomic mass is 10.1. The van der Waals surface area contributed by atoms with E-state index in [1.54, 1.807) is 12.1 Å². The van der Waals surface area contributed by atoms with Crippen LogP contribution in [0.25, 0.3) is 20.8 Å². The number of carbonyl (C=O) groups is 1. The first kappa shape index (κ1) is 16.1. The molecule has 0 aliphatic carbocycles. The summed E-state index contributed by atoms with van der Waals surface area (Å²) in [5.74, 6) is 0.315. The summed E-state index contributed by atoms with van der Waals surface area (Å²) in [6.45, 7) is 3.35. The number of hydrogen-bond donors (Lipinski definition) is 1. The van der Waals surface area contributed by atoms with Crippen LogP contribution in [0, 0.1) is 0 Å². The van der Waals surface area contributed by atoms with Crippen LogP contribution in [0.4, 0.5) is 0 Å². The Morgan fingerprint density at radius 3 is 2.72 bits per heavy atom. The molecule has 4 rings (SSSR count). The second kappa shape index (κ2) is 6.46. The summed E-state index contributed by atoms with van der Waals surface area (Å²) < 4.78 is 0.936. The van der Waals surface area contributed by atoms with Gasteiger partial charge in [0.25, 0.3) is 5.91 Å². The molecule has 0 atom stereocenters. The average Bonchev–Trinajstić information content (AvgIpc) is 3.05. The lowest BCUT2D eigenvalue weighted by Crippen LogP contribution is -2.47. The van der Waals surface area contributed by atoms with Gasteiger partial charge >= 0.3 is 0 Å². The van der Waals surface area contributed by atoms with E-state index in [-0.39, 0.29) is 11.7 Å². The van der Waals surface area contributed by atoms with Gasteiger partial charge in [-0.25, -0.2) is 4.98 Å². The van der Waals surface area contributed by atoms with Gasteiger partial charge < -0.3 is 14.9 Å². The number of hydrogen-bond acceptors (Lipinski definition) is 5. The van der Waals surface area contributed by atoms with Crippen LogP contribution in [-0.2, 0) is 0 Å². The number of phenols is 1. The topological polar surface area (TPSA) is 56.7 Å². The molecule has 6 heteroatoms. The molecule has 1 amide bonds. The second-order valence-corrected chi connectivity index (χ2v) is 7.38. The van der Waals surface area contributed by atoms with Crippen LogP contribution in [0.15, 0.2) is 42.5 Å². The predicted octanol–water partition coefficient (Wildman–Crippen LogP) is 3.06. The van der Waals surface area contributed by atoms with Crippen LogP contribution in [0.1, 0.15) is 10.4 Å². The smallest absolute Gasteiger partial charge is 0.253 e. The van der Waals surface area contributed by atoms with Gasteiger partial charge in [0, 0.05) is 37.3 Å². The largest absolute Gasteiger partial charge is 0.508 e. The maximum Gasteiger partial charge on any atom is 0.253 e. The number of amides is 1. The first-order valence-corrected chi connectivity index (χ1v) is 9.09. The van der Waals surface area contributed by atoms with Crippen molar-refractivity contribution in [2.45, 2.75) is 0 Å². The van der Waals surface area contributed by atoms with Crippen LogP contribution in [0.3, 0.4) is 0 Å². The summed E-state index contributed by atoms with van der Waals surface area (Å²) in [5, 5.41) is 10.5. The molecule has 1 aromatic heterocycles. The molecule has 1 fully saturated rings. The number of fused-ring (bicyclic) bond motifs is 1. The second-order valence-electron chi connectivity index (χ2n) is 6.35. The molecule has 0 spiro atoms. The summed E-state index contributed by atoms with van der Waals surface area (Å²) in [6, 6.07) is 12.8. The van der Waals surface area contributed by atoms with Gasteiger partial charge in [0.2, 0.25) is 0 Å². The lowest BCUT2D eigenvalue weighted by molar-refractivity contribution is 0.0664. The monoisotopic (exact) mass is 353 g/mol. The van der Waals surface area contributed by atoms with E-state index >= 15 is 0 Å². The first-order valence-electron chi connectivity index (χ1n) is 8.28. The molecule has 1 aliphatic heterocycles. The normalized spacial score (nSPS) is 15.6. The van der Waals surface area contributed by atoms with E-state index in [0.29, 0.717) is 5.56 Å². The van der Waals surface area contributed by atoms with Gasteiger partial charge in [-0.1, -0.05) is 12.1 Å². The van der Waals surface area contributed by atoms with Crippen LogP contribution in [-0.4, -0.2) is 59.0 Å². The van der Waals surface area contributed by atoms with Crippen molar-refractivity contribution in [3.05, 3.63) is 48.0 Å². The summed E-state index contributed by atoms with van der Waals surface area (Å²) in [4.78, 5) is 21.5. The van der Waals surface area contributed by atoms with Gasteiger partial charge in [-0.2, -0.15) is 0 Å². The van der Waals surface area contributed by atoms with Crippen LogP contribution < -0.4 is 0 Å². The lowest BCUT2D eigenvalue weighted by Gasteiger charge is -2.32. The Labute approximate surface area is 150 Å². The molecule has 5 nitrogen and oxygen atoms in total. The fourth-order valence-electron chi connectivity index (χ4n) is 3.01. The van der Waals surface area contributed by atoms with Gasteiger partial charge in [0.15, 0.2) is 0 Å². The molecule has 0 saturated carbocycles. The molecule has 2 heterocycles. The van der Waals surface area contributed by atoms with Crippen molar-refractivity contribution in [3.8, 4) is 16.3 Å². The number of phenolic OH excluding ortho intramolecular Hbond substituents is 1. The van der Waals surface area contributed by atoms with Gasteiger partial charge in [0.05, 0.1) is 10.2 Å². The Morgan fingerprint density at radius 1 is 1.12 bits per heavy atom. The third-order valence-corrected chi connectivity index (χ3v) is 5.59. The molecule has 1 N–H and O–H groups in total. The average molecular weight is 353 g/mol. The van der Waals surface area contributed by atoms with E-state index in [9.17, 15) is 9.90 Å². The Bertz CT molecular complexity index is 929. The van der Waals surface area contributed by atoms with Crippen LogP contribution in [0.5, 0.6) is 5.75 Å². The number of aromatic hydroxyl groups is 1. The highest BCUT2D eigenvalue weighted by Crippen LogP contribution is 2.32. The van der Waals surface area contributed by atoms with Gasteiger partial charge in [0.1, 0.15) is 10.8 Å². The Balaban J connectivity index is 1.63. The van der Waals surface area contributed by atoms with E-state index in [0.717, 1.165) is 47.0 Å². The predicted molar refractivity (Wildman–Crippen MR) is 100 cm³/mol. The van der Waals surface area contributed by atoms with Crippen molar-refractivity contribution < 1.29 is 9.90 Å². The van der Waals surface area contributed by atoms with Crippen molar-refractivity contribution in [1.29, 1.82) is 0 Å². The number of benzene rings is 2. The van der Waals surface area contributed by atoms with Crippen LogP contribution in [0.2, 0.25) is 0 Å².